The number of ether oxygens (including phenoxy) is 1. The van der Waals surface area contributed by atoms with Crippen molar-refractivity contribution < 1.29 is 4.74 Å². The summed E-state index contributed by atoms with van der Waals surface area (Å²) in [5.74, 6) is 1.45. The highest BCUT2D eigenvalue weighted by Crippen LogP contribution is 2.07. The lowest BCUT2D eigenvalue weighted by atomic mass is 10.1. The van der Waals surface area contributed by atoms with Gasteiger partial charge in [0.15, 0.2) is 5.96 Å². The topological polar surface area (TPSA) is 45.7 Å². The highest BCUT2D eigenvalue weighted by molar-refractivity contribution is 5.80. The van der Waals surface area contributed by atoms with Gasteiger partial charge in [0.25, 0.3) is 0 Å². The van der Waals surface area contributed by atoms with Gasteiger partial charge in [-0.15, -0.1) is 0 Å². The molecule has 1 unspecified atom stereocenters. The van der Waals surface area contributed by atoms with E-state index in [4.69, 9.17) is 4.74 Å². The molecule has 4 nitrogen and oxygen atoms in total. The van der Waals surface area contributed by atoms with Crippen molar-refractivity contribution in [2.24, 2.45) is 10.9 Å². The molecule has 0 aliphatic heterocycles. The molecule has 0 radical (unpaired) electrons. The van der Waals surface area contributed by atoms with Gasteiger partial charge in [-0.3, -0.25) is 0 Å². The molecule has 0 saturated carbocycles. The molecule has 1 atom stereocenters. The highest BCUT2D eigenvalue weighted by atomic mass is 16.5. The molecule has 0 heterocycles. The van der Waals surface area contributed by atoms with Gasteiger partial charge in [-0.05, 0) is 37.8 Å². The fourth-order valence-corrected chi connectivity index (χ4v) is 1.83. The van der Waals surface area contributed by atoms with E-state index in [-0.39, 0.29) is 0 Å². The quantitative estimate of drug-likeness (QED) is 0.572. The zero-order chi connectivity index (χ0) is 16.4. The summed E-state index contributed by atoms with van der Waals surface area (Å²) in [6, 6.07) is 8.85. The van der Waals surface area contributed by atoms with Crippen LogP contribution in [-0.4, -0.2) is 25.2 Å². The molecule has 0 aromatic heterocycles. The number of benzene rings is 1. The van der Waals surface area contributed by atoms with Crippen LogP contribution in [0.15, 0.2) is 29.3 Å². The van der Waals surface area contributed by atoms with Crippen LogP contribution in [0, 0.1) is 5.92 Å². The summed E-state index contributed by atoms with van der Waals surface area (Å²) in [5.41, 5.74) is 2.41. The first-order valence-electron chi connectivity index (χ1n) is 8.27. The second-order valence-electron chi connectivity index (χ2n) is 5.83. The van der Waals surface area contributed by atoms with Crippen LogP contribution in [0.4, 0.5) is 0 Å². The fraction of sp³-hybridized carbons (Fsp3) is 0.611. The largest absolute Gasteiger partial charge is 0.377 e. The second kappa shape index (κ2) is 10.2. The van der Waals surface area contributed by atoms with E-state index in [2.05, 4.69) is 67.6 Å². The molecule has 0 saturated heterocycles. The minimum Gasteiger partial charge on any atom is -0.377 e. The first-order chi connectivity index (χ1) is 10.6. The number of nitrogens with zero attached hydrogens (tertiary/aromatic N) is 1. The summed E-state index contributed by atoms with van der Waals surface area (Å²) in [4.78, 5) is 4.66. The second-order valence-corrected chi connectivity index (χ2v) is 5.83. The third-order valence-electron chi connectivity index (χ3n) is 3.62. The SMILES string of the molecule is CCNC(=NCc1ccc(COCC)cc1)NC(C)C(C)C. The Balaban J connectivity index is 2.61. The Hall–Kier alpha value is -1.55. The molecule has 0 amide bonds. The standard InChI is InChI=1S/C18H31N3O/c1-6-19-18(21-15(5)14(3)4)20-12-16-8-10-17(11-9-16)13-22-7-2/h8-11,14-15H,6-7,12-13H2,1-5H3,(H2,19,20,21). The smallest absolute Gasteiger partial charge is 0.191 e. The Kier molecular flexibility index (Phi) is 8.60. The molecule has 0 fully saturated rings. The highest BCUT2D eigenvalue weighted by Gasteiger charge is 2.08. The minimum atomic E-state index is 0.395. The van der Waals surface area contributed by atoms with Gasteiger partial charge in [-0.2, -0.15) is 0 Å². The van der Waals surface area contributed by atoms with Crippen LogP contribution in [0.3, 0.4) is 0 Å². The van der Waals surface area contributed by atoms with Crippen LogP contribution in [0.1, 0.15) is 45.7 Å². The van der Waals surface area contributed by atoms with Crippen molar-refractivity contribution in [3.05, 3.63) is 35.4 Å². The lowest BCUT2D eigenvalue weighted by Crippen LogP contribution is -2.44. The summed E-state index contributed by atoms with van der Waals surface area (Å²) in [6.45, 7) is 13.7. The number of rotatable bonds is 8. The monoisotopic (exact) mass is 305 g/mol. The maximum Gasteiger partial charge on any atom is 0.191 e. The number of nitrogens with one attached hydrogen (secondary N) is 2. The Morgan fingerprint density at radius 1 is 1.09 bits per heavy atom. The zero-order valence-electron chi connectivity index (χ0n) is 14.6. The lowest BCUT2D eigenvalue weighted by Gasteiger charge is -2.20. The summed E-state index contributed by atoms with van der Waals surface area (Å²) < 4.78 is 5.41. The molecule has 0 aliphatic carbocycles. The number of aliphatic imine (C=N–C) groups is 1. The van der Waals surface area contributed by atoms with Gasteiger partial charge in [0.1, 0.15) is 0 Å². The first-order valence-corrected chi connectivity index (χ1v) is 8.27. The molecular weight excluding hydrogens is 274 g/mol. The third-order valence-corrected chi connectivity index (χ3v) is 3.62. The van der Waals surface area contributed by atoms with Crippen LogP contribution in [0.2, 0.25) is 0 Å². The van der Waals surface area contributed by atoms with Crippen LogP contribution >= 0.6 is 0 Å². The van der Waals surface area contributed by atoms with Gasteiger partial charge < -0.3 is 15.4 Å². The van der Waals surface area contributed by atoms with Crippen LogP contribution in [-0.2, 0) is 17.9 Å². The summed E-state index contributed by atoms with van der Waals surface area (Å²) in [5, 5.41) is 6.74. The van der Waals surface area contributed by atoms with E-state index in [0.29, 0.717) is 25.1 Å². The van der Waals surface area contributed by atoms with Gasteiger partial charge in [-0.25, -0.2) is 4.99 Å². The molecule has 124 valence electrons. The Bertz CT molecular complexity index is 440. The predicted molar refractivity (Wildman–Crippen MR) is 94.0 cm³/mol. The van der Waals surface area contributed by atoms with E-state index < -0.39 is 0 Å². The Labute approximate surface area is 135 Å². The molecule has 0 aliphatic rings. The molecule has 1 aromatic rings. The zero-order valence-corrected chi connectivity index (χ0v) is 14.6. The van der Waals surface area contributed by atoms with Gasteiger partial charge >= 0.3 is 0 Å². The van der Waals surface area contributed by atoms with Crippen LogP contribution < -0.4 is 10.6 Å². The maximum absolute atomic E-state index is 5.41. The van der Waals surface area contributed by atoms with E-state index >= 15 is 0 Å². The van der Waals surface area contributed by atoms with E-state index in [1.807, 2.05) is 6.92 Å². The van der Waals surface area contributed by atoms with E-state index in [1.54, 1.807) is 0 Å². The maximum atomic E-state index is 5.41. The normalized spacial score (nSPS) is 13.3. The van der Waals surface area contributed by atoms with Crippen molar-refractivity contribution in [1.82, 2.24) is 10.6 Å². The Morgan fingerprint density at radius 3 is 2.27 bits per heavy atom. The molecule has 0 spiro atoms. The Morgan fingerprint density at radius 2 is 1.73 bits per heavy atom. The van der Waals surface area contributed by atoms with Crippen molar-refractivity contribution in [3.8, 4) is 0 Å². The summed E-state index contributed by atoms with van der Waals surface area (Å²) in [7, 11) is 0. The molecule has 1 rings (SSSR count). The third kappa shape index (κ3) is 6.94. The fourth-order valence-electron chi connectivity index (χ4n) is 1.83. The first kappa shape index (κ1) is 18.5. The van der Waals surface area contributed by atoms with Gasteiger partial charge in [0, 0.05) is 19.2 Å². The predicted octanol–water partition coefficient (Wildman–Crippen LogP) is 3.32. The number of hydrogen-bond acceptors (Lipinski definition) is 2. The summed E-state index contributed by atoms with van der Waals surface area (Å²) in [6.07, 6.45) is 0. The van der Waals surface area contributed by atoms with Gasteiger partial charge in [0.2, 0.25) is 0 Å². The number of guanidine groups is 1. The van der Waals surface area contributed by atoms with Crippen molar-refractivity contribution >= 4 is 5.96 Å². The summed E-state index contributed by atoms with van der Waals surface area (Å²) >= 11 is 0. The molecule has 0 bridgehead atoms. The van der Waals surface area contributed by atoms with Gasteiger partial charge in [0.05, 0.1) is 13.2 Å². The lowest BCUT2D eigenvalue weighted by molar-refractivity contribution is 0.134. The minimum absolute atomic E-state index is 0.395. The van der Waals surface area contributed by atoms with Crippen LogP contribution in [0.5, 0.6) is 0 Å². The van der Waals surface area contributed by atoms with E-state index in [0.717, 1.165) is 19.1 Å². The molecule has 22 heavy (non-hydrogen) atoms. The molecule has 4 heteroatoms. The van der Waals surface area contributed by atoms with Crippen LogP contribution in [0.25, 0.3) is 0 Å². The van der Waals surface area contributed by atoms with Gasteiger partial charge in [-0.1, -0.05) is 38.1 Å². The molecule has 1 aromatic carbocycles. The van der Waals surface area contributed by atoms with Crippen molar-refractivity contribution in [3.63, 3.8) is 0 Å². The molecule has 2 N–H and O–H groups in total. The van der Waals surface area contributed by atoms with E-state index in [1.165, 1.54) is 11.1 Å². The molecular formula is C18H31N3O. The average Bonchev–Trinajstić information content (AvgIpc) is 2.51. The van der Waals surface area contributed by atoms with E-state index in [9.17, 15) is 0 Å². The van der Waals surface area contributed by atoms with Crippen molar-refractivity contribution in [1.29, 1.82) is 0 Å². The number of hydrogen-bond donors (Lipinski definition) is 2. The average molecular weight is 305 g/mol. The van der Waals surface area contributed by atoms with Crippen molar-refractivity contribution in [2.75, 3.05) is 13.2 Å². The van der Waals surface area contributed by atoms with Crippen molar-refractivity contribution in [2.45, 2.75) is 53.8 Å².